The van der Waals surface area contributed by atoms with Gasteiger partial charge in [-0.15, -0.1) is 0 Å². The predicted molar refractivity (Wildman–Crippen MR) is 60.3 cm³/mol. The Kier molecular flexibility index (Phi) is 2.22. The largest absolute Gasteiger partial charge is 0.493 e. The highest BCUT2D eigenvalue weighted by molar-refractivity contribution is 5.86. The first-order valence-corrected chi connectivity index (χ1v) is 5.44. The van der Waals surface area contributed by atoms with Crippen LogP contribution in [-0.4, -0.2) is 43.4 Å². The summed E-state index contributed by atoms with van der Waals surface area (Å²) in [4.78, 5) is 0. The zero-order chi connectivity index (χ0) is 12.0. The maximum atomic E-state index is 10.1. The van der Waals surface area contributed by atoms with Gasteiger partial charge in [-0.3, -0.25) is 0 Å². The Morgan fingerprint density at radius 3 is 2.94 bits per heavy atom. The summed E-state index contributed by atoms with van der Waals surface area (Å²) in [5, 5.41) is 10.1. The molecule has 0 saturated carbocycles. The molecule has 0 fully saturated rings. The fraction of sp³-hybridized carbons (Fsp3) is 0.417. The minimum atomic E-state index is -0.539. The van der Waals surface area contributed by atoms with Crippen molar-refractivity contribution >= 4 is 6.21 Å². The molecule has 3 rings (SSSR count). The summed E-state index contributed by atoms with van der Waals surface area (Å²) in [5.41, 5.74) is 1.70. The quantitative estimate of drug-likeness (QED) is 0.723. The summed E-state index contributed by atoms with van der Waals surface area (Å²) in [6.45, 7) is 0.756. The predicted octanol–water partition coefficient (Wildman–Crippen LogP) is 0.532. The lowest BCUT2D eigenvalue weighted by atomic mass is 9.98. The number of aliphatic hydroxyl groups is 1. The number of aliphatic hydroxyl groups excluding tert-OH is 1. The maximum Gasteiger partial charge on any atom is 0.231 e. The number of benzene rings is 1. The number of nitrogens with zero attached hydrogens (tertiary/aromatic N) is 1. The van der Waals surface area contributed by atoms with Crippen LogP contribution in [0.15, 0.2) is 6.07 Å². The van der Waals surface area contributed by atoms with Crippen LogP contribution in [0.5, 0.6) is 17.2 Å². The molecule has 1 aromatic carbocycles. The van der Waals surface area contributed by atoms with Gasteiger partial charge in [-0.05, 0) is 6.07 Å². The Bertz CT molecular complexity index is 510. The van der Waals surface area contributed by atoms with Crippen molar-refractivity contribution in [3.63, 3.8) is 0 Å². The van der Waals surface area contributed by atoms with Crippen LogP contribution < -0.4 is 14.2 Å². The molecule has 1 unspecified atom stereocenters. The standard InChI is InChI=1S/C12H14NO4/c1-13-4-8-7(9(14)5-13)3-10(15-2)12-11(8)16-6-17-12/h3-4,9,14H,5-6H2,1-2H3/q+1. The van der Waals surface area contributed by atoms with Gasteiger partial charge in [-0.1, -0.05) is 0 Å². The molecule has 2 heterocycles. The Labute approximate surface area is 98.8 Å². The molecule has 2 aliphatic rings. The molecule has 0 radical (unpaired) electrons. The Balaban J connectivity index is 2.26. The highest BCUT2D eigenvalue weighted by Gasteiger charge is 2.32. The molecule has 90 valence electrons. The van der Waals surface area contributed by atoms with Gasteiger partial charge in [0, 0.05) is 5.56 Å². The van der Waals surface area contributed by atoms with Crippen LogP contribution in [0.3, 0.4) is 0 Å². The molecule has 1 atom stereocenters. The summed E-state index contributed by atoms with van der Waals surface area (Å²) in [6, 6.07) is 1.82. The zero-order valence-corrected chi connectivity index (χ0v) is 9.77. The van der Waals surface area contributed by atoms with E-state index in [1.54, 1.807) is 7.11 Å². The number of ether oxygens (including phenoxy) is 3. The molecular formula is C12H14NO4+. The van der Waals surface area contributed by atoms with Gasteiger partial charge in [-0.2, -0.15) is 0 Å². The first-order chi connectivity index (χ1) is 8.20. The van der Waals surface area contributed by atoms with Crippen molar-refractivity contribution in [3.05, 3.63) is 17.2 Å². The fourth-order valence-electron chi connectivity index (χ4n) is 2.28. The minimum absolute atomic E-state index is 0.190. The third-order valence-corrected chi connectivity index (χ3v) is 3.07. The third kappa shape index (κ3) is 1.46. The van der Waals surface area contributed by atoms with Gasteiger partial charge in [-0.25, -0.2) is 4.58 Å². The highest BCUT2D eigenvalue weighted by Crippen LogP contribution is 2.46. The first-order valence-electron chi connectivity index (χ1n) is 5.44. The fourth-order valence-corrected chi connectivity index (χ4v) is 2.28. The van der Waals surface area contributed by atoms with E-state index in [1.165, 1.54) is 0 Å². The van der Waals surface area contributed by atoms with Crippen LogP contribution >= 0.6 is 0 Å². The summed E-state index contributed by atoms with van der Waals surface area (Å²) in [6.07, 6.45) is 1.41. The second-order valence-corrected chi connectivity index (χ2v) is 4.23. The zero-order valence-electron chi connectivity index (χ0n) is 9.77. The molecular weight excluding hydrogens is 222 g/mol. The van der Waals surface area contributed by atoms with Crippen LogP contribution in [0, 0.1) is 0 Å². The van der Waals surface area contributed by atoms with Crippen molar-refractivity contribution < 1.29 is 23.9 Å². The number of rotatable bonds is 1. The number of likely N-dealkylation sites (N-methyl/N-ethyl adjacent to an activating group) is 1. The van der Waals surface area contributed by atoms with E-state index in [9.17, 15) is 5.11 Å². The van der Waals surface area contributed by atoms with Crippen molar-refractivity contribution in [3.8, 4) is 17.2 Å². The van der Waals surface area contributed by atoms with Gasteiger partial charge in [0.1, 0.15) is 13.2 Å². The van der Waals surface area contributed by atoms with Gasteiger partial charge >= 0.3 is 0 Å². The molecule has 0 aliphatic carbocycles. The summed E-state index contributed by atoms with van der Waals surface area (Å²) in [7, 11) is 3.49. The molecule has 1 aromatic rings. The van der Waals surface area contributed by atoms with Gasteiger partial charge in [0.2, 0.25) is 12.5 Å². The van der Waals surface area contributed by atoms with Crippen molar-refractivity contribution in [2.24, 2.45) is 0 Å². The van der Waals surface area contributed by atoms with Crippen LogP contribution in [0.1, 0.15) is 17.2 Å². The van der Waals surface area contributed by atoms with E-state index in [4.69, 9.17) is 14.2 Å². The molecule has 0 amide bonds. The molecule has 0 aromatic heterocycles. The van der Waals surface area contributed by atoms with E-state index in [0.29, 0.717) is 23.8 Å². The Morgan fingerprint density at radius 1 is 1.41 bits per heavy atom. The van der Waals surface area contributed by atoms with Crippen LogP contribution in [-0.2, 0) is 0 Å². The number of β-amino-alcohol motifs (C(OH)–C–C–N with tert-alkyl or cyclic N) is 1. The molecule has 2 aliphatic heterocycles. The smallest absolute Gasteiger partial charge is 0.231 e. The maximum absolute atomic E-state index is 10.1. The topological polar surface area (TPSA) is 50.9 Å². The van der Waals surface area contributed by atoms with E-state index < -0.39 is 6.10 Å². The van der Waals surface area contributed by atoms with Gasteiger partial charge in [0.25, 0.3) is 0 Å². The monoisotopic (exact) mass is 236 g/mol. The lowest BCUT2D eigenvalue weighted by Crippen LogP contribution is -2.24. The summed E-state index contributed by atoms with van der Waals surface area (Å²) in [5.74, 6) is 1.88. The Hall–Kier alpha value is -1.75. The van der Waals surface area contributed by atoms with E-state index in [-0.39, 0.29) is 6.79 Å². The molecule has 0 saturated heterocycles. The average Bonchev–Trinajstić information content (AvgIpc) is 2.77. The summed E-state index contributed by atoms with van der Waals surface area (Å²) >= 11 is 0. The van der Waals surface area contributed by atoms with E-state index in [1.807, 2.05) is 23.9 Å². The number of hydrogen-bond donors (Lipinski definition) is 1. The first kappa shape index (κ1) is 10.4. The lowest BCUT2D eigenvalue weighted by molar-refractivity contribution is -0.505. The number of hydrogen-bond acceptors (Lipinski definition) is 4. The normalized spacial score (nSPS) is 20.9. The number of fused-ring (bicyclic) bond motifs is 3. The van der Waals surface area contributed by atoms with Crippen molar-refractivity contribution in [1.29, 1.82) is 0 Å². The van der Waals surface area contributed by atoms with Crippen LogP contribution in [0.25, 0.3) is 0 Å². The SMILES string of the molecule is COc1cc2c(c3c1OCO3)C=[N+](C)CC2O. The molecule has 5 heteroatoms. The van der Waals surface area contributed by atoms with Gasteiger partial charge in [0.15, 0.2) is 24.3 Å². The second kappa shape index (κ2) is 3.63. The molecule has 1 N–H and O–H groups in total. The average molecular weight is 236 g/mol. The Morgan fingerprint density at radius 2 is 2.18 bits per heavy atom. The van der Waals surface area contributed by atoms with Crippen molar-refractivity contribution in [1.82, 2.24) is 0 Å². The lowest BCUT2D eigenvalue weighted by Gasteiger charge is -2.18. The second-order valence-electron chi connectivity index (χ2n) is 4.23. The van der Waals surface area contributed by atoms with Crippen molar-refractivity contribution in [2.45, 2.75) is 6.10 Å². The van der Waals surface area contributed by atoms with E-state index >= 15 is 0 Å². The van der Waals surface area contributed by atoms with Crippen molar-refractivity contribution in [2.75, 3.05) is 27.5 Å². The third-order valence-electron chi connectivity index (χ3n) is 3.07. The van der Waals surface area contributed by atoms with E-state index in [2.05, 4.69) is 0 Å². The van der Waals surface area contributed by atoms with E-state index in [0.717, 1.165) is 11.1 Å². The number of methoxy groups -OCH3 is 1. The van der Waals surface area contributed by atoms with Crippen LogP contribution in [0.2, 0.25) is 0 Å². The van der Waals surface area contributed by atoms with Gasteiger partial charge < -0.3 is 19.3 Å². The minimum Gasteiger partial charge on any atom is -0.493 e. The molecule has 0 spiro atoms. The highest BCUT2D eigenvalue weighted by atomic mass is 16.7. The molecule has 0 bridgehead atoms. The molecule has 17 heavy (non-hydrogen) atoms. The van der Waals surface area contributed by atoms with Crippen LogP contribution in [0.4, 0.5) is 0 Å². The van der Waals surface area contributed by atoms with Gasteiger partial charge in [0.05, 0.1) is 12.7 Å². The molecule has 5 nitrogen and oxygen atoms in total. The summed E-state index contributed by atoms with van der Waals surface area (Å²) < 4.78 is 18.0.